The maximum absolute atomic E-state index is 5.83. The van der Waals surface area contributed by atoms with E-state index in [9.17, 15) is 0 Å². The Morgan fingerprint density at radius 1 is 1.12 bits per heavy atom. The summed E-state index contributed by atoms with van der Waals surface area (Å²) in [5.41, 5.74) is 3.49. The number of aryl methyl sites for hydroxylation is 1. The summed E-state index contributed by atoms with van der Waals surface area (Å²) >= 11 is 0. The number of rotatable bonds is 6. The van der Waals surface area contributed by atoms with Crippen LogP contribution in [-0.4, -0.2) is 14.8 Å². The second-order valence-electron chi connectivity index (χ2n) is 6.32. The van der Waals surface area contributed by atoms with E-state index in [1.807, 2.05) is 54.9 Å². The van der Waals surface area contributed by atoms with Crippen LogP contribution in [0.4, 0.5) is 0 Å². The third kappa shape index (κ3) is 3.88. The van der Waals surface area contributed by atoms with Crippen molar-refractivity contribution in [1.29, 1.82) is 0 Å². The Balaban J connectivity index is 1.41. The van der Waals surface area contributed by atoms with E-state index in [0.717, 1.165) is 37.4 Å². The van der Waals surface area contributed by atoms with E-state index in [-0.39, 0.29) is 0 Å². The summed E-state index contributed by atoms with van der Waals surface area (Å²) in [6.07, 6.45) is 5.94. The zero-order chi connectivity index (χ0) is 16.9. The molecule has 1 aliphatic heterocycles. The lowest BCUT2D eigenvalue weighted by atomic mass is 10.0. The fourth-order valence-corrected chi connectivity index (χ4v) is 3.23. The second-order valence-corrected chi connectivity index (χ2v) is 6.32. The minimum absolute atomic E-state index is 0.333. The first-order chi connectivity index (χ1) is 12.4. The van der Waals surface area contributed by atoms with Crippen LogP contribution in [0.25, 0.3) is 0 Å². The first-order valence-electron chi connectivity index (χ1n) is 8.75. The molecule has 0 saturated carbocycles. The van der Waals surface area contributed by atoms with Crippen molar-refractivity contribution >= 4 is 0 Å². The molecule has 0 aliphatic carbocycles. The minimum atomic E-state index is 0.333. The molecule has 0 amide bonds. The molecule has 128 valence electrons. The van der Waals surface area contributed by atoms with Crippen LogP contribution in [0, 0.1) is 0 Å². The van der Waals surface area contributed by atoms with Crippen molar-refractivity contribution < 1.29 is 4.74 Å². The summed E-state index contributed by atoms with van der Waals surface area (Å²) in [6.45, 7) is 2.32. The first kappa shape index (κ1) is 15.8. The Kier molecular flexibility index (Phi) is 4.74. The van der Waals surface area contributed by atoms with Gasteiger partial charge < -0.3 is 10.1 Å². The molecule has 1 atom stereocenters. The minimum Gasteiger partial charge on any atom is -0.487 e. The first-order valence-corrected chi connectivity index (χ1v) is 8.75. The topological polar surface area (TPSA) is 52.0 Å². The SMILES string of the molecule is c1ccc(OCc2cc3n(n2)CCCC3NCc2ccncc2)cc1. The zero-order valence-corrected chi connectivity index (χ0v) is 14.1. The van der Waals surface area contributed by atoms with Gasteiger partial charge in [0, 0.05) is 31.5 Å². The summed E-state index contributed by atoms with van der Waals surface area (Å²) in [5.74, 6) is 0.876. The van der Waals surface area contributed by atoms with Crippen molar-refractivity contribution in [2.24, 2.45) is 0 Å². The van der Waals surface area contributed by atoms with Gasteiger partial charge in [-0.15, -0.1) is 0 Å². The highest BCUT2D eigenvalue weighted by Gasteiger charge is 2.22. The number of hydrogen-bond acceptors (Lipinski definition) is 4. The molecule has 1 unspecified atom stereocenters. The number of para-hydroxylation sites is 1. The normalized spacial score (nSPS) is 16.4. The van der Waals surface area contributed by atoms with Gasteiger partial charge in [0.1, 0.15) is 18.1 Å². The average molecular weight is 334 g/mol. The van der Waals surface area contributed by atoms with Gasteiger partial charge in [0.15, 0.2) is 0 Å². The molecule has 2 aromatic heterocycles. The molecule has 3 heterocycles. The molecule has 0 bridgehead atoms. The van der Waals surface area contributed by atoms with Gasteiger partial charge >= 0.3 is 0 Å². The van der Waals surface area contributed by atoms with Crippen molar-refractivity contribution in [1.82, 2.24) is 20.1 Å². The summed E-state index contributed by atoms with van der Waals surface area (Å²) in [7, 11) is 0. The number of benzene rings is 1. The van der Waals surface area contributed by atoms with E-state index in [1.54, 1.807) is 0 Å². The number of nitrogens with zero attached hydrogens (tertiary/aromatic N) is 3. The fraction of sp³-hybridized carbons (Fsp3) is 0.300. The van der Waals surface area contributed by atoms with Gasteiger partial charge in [-0.3, -0.25) is 9.67 Å². The van der Waals surface area contributed by atoms with Crippen molar-refractivity contribution in [3.05, 3.63) is 77.9 Å². The summed E-state index contributed by atoms with van der Waals surface area (Å²) in [5, 5.41) is 8.36. The van der Waals surface area contributed by atoms with Gasteiger partial charge in [-0.25, -0.2) is 0 Å². The van der Waals surface area contributed by atoms with Gasteiger partial charge in [0.25, 0.3) is 0 Å². The predicted molar refractivity (Wildman–Crippen MR) is 96.1 cm³/mol. The number of fused-ring (bicyclic) bond motifs is 1. The van der Waals surface area contributed by atoms with E-state index in [0.29, 0.717) is 12.6 Å². The monoisotopic (exact) mass is 334 g/mol. The van der Waals surface area contributed by atoms with Gasteiger partial charge in [-0.1, -0.05) is 18.2 Å². The standard InChI is InChI=1S/C20H22N4O/c1-2-5-18(6-3-1)25-15-17-13-20-19(7-4-12-24(20)23-17)22-14-16-8-10-21-11-9-16/h1-3,5-6,8-11,13,19,22H,4,7,12,14-15H2. The van der Waals surface area contributed by atoms with Gasteiger partial charge in [0.2, 0.25) is 0 Å². The van der Waals surface area contributed by atoms with Crippen LogP contribution in [0.15, 0.2) is 60.9 Å². The maximum Gasteiger partial charge on any atom is 0.132 e. The molecule has 1 aliphatic rings. The third-order valence-electron chi connectivity index (χ3n) is 4.51. The molecule has 3 aromatic rings. The number of aromatic nitrogens is 3. The smallest absolute Gasteiger partial charge is 0.132 e. The van der Waals surface area contributed by atoms with E-state index in [4.69, 9.17) is 9.84 Å². The van der Waals surface area contributed by atoms with Crippen molar-refractivity contribution in [3.8, 4) is 5.75 Å². The van der Waals surface area contributed by atoms with Crippen LogP contribution in [0.2, 0.25) is 0 Å². The van der Waals surface area contributed by atoms with Gasteiger partial charge in [-0.05, 0) is 48.7 Å². The highest BCUT2D eigenvalue weighted by Crippen LogP contribution is 2.26. The molecule has 1 N–H and O–H groups in total. The fourth-order valence-electron chi connectivity index (χ4n) is 3.23. The molecule has 4 rings (SSSR count). The highest BCUT2D eigenvalue weighted by atomic mass is 16.5. The van der Waals surface area contributed by atoms with Crippen LogP contribution in [0.3, 0.4) is 0 Å². The van der Waals surface area contributed by atoms with Crippen LogP contribution in [-0.2, 0) is 19.7 Å². The number of nitrogens with one attached hydrogen (secondary N) is 1. The molecule has 5 heteroatoms. The third-order valence-corrected chi connectivity index (χ3v) is 4.51. The molecule has 0 fully saturated rings. The quantitative estimate of drug-likeness (QED) is 0.750. The van der Waals surface area contributed by atoms with E-state index < -0.39 is 0 Å². The van der Waals surface area contributed by atoms with Crippen LogP contribution >= 0.6 is 0 Å². The summed E-state index contributed by atoms with van der Waals surface area (Å²) in [4.78, 5) is 4.07. The van der Waals surface area contributed by atoms with Crippen LogP contribution in [0.5, 0.6) is 5.75 Å². The lowest BCUT2D eigenvalue weighted by Crippen LogP contribution is -2.27. The number of ether oxygens (including phenoxy) is 1. The second kappa shape index (κ2) is 7.49. The Bertz CT molecular complexity index is 801. The summed E-state index contributed by atoms with van der Waals surface area (Å²) in [6, 6.07) is 16.5. The molecule has 1 aromatic carbocycles. The Hall–Kier alpha value is -2.66. The van der Waals surface area contributed by atoms with E-state index in [1.165, 1.54) is 11.3 Å². The molecule has 25 heavy (non-hydrogen) atoms. The number of pyridine rings is 1. The molecule has 0 spiro atoms. The van der Waals surface area contributed by atoms with E-state index >= 15 is 0 Å². The Morgan fingerprint density at radius 3 is 2.80 bits per heavy atom. The Labute approximate surface area is 147 Å². The van der Waals surface area contributed by atoms with E-state index in [2.05, 4.69) is 21.0 Å². The number of hydrogen-bond donors (Lipinski definition) is 1. The lowest BCUT2D eigenvalue weighted by molar-refractivity contribution is 0.298. The molecule has 0 radical (unpaired) electrons. The van der Waals surface area contributed by atoms with Gasteiger partial charge in [-0.2, -0.15) is 5.10 Å². The van der Waals surface area contributed by atoms with Crippen molar-refractivity contribution in [2.75, 3.05) is 0 Å². The molecular formula is C20H22N4O. The summed E-state index contributed by atoms with van der Waals surface area (Å²) < 4.78 is 7.95. The van der Waals surface area contributed by atoms with Crippen LogP contribution < -0.4 is 10.1 Å². The molecular weight excluding hydrogens is 312 g/mol. The maximum atomic E-state index is 5.83. The Morgan fingerprint density at radius 2 is 1.96 bits per heavy atom. The molecule has 0 saturated heterocycles. The van der Waals surface area contributed by atoms with Crippen molar-refractivity contribution in [3.63, 3.8) is 0 Å². The zero-order valence-electron chi connectivity index (χ0n) is 14.1. The van der Waals surface area contributed by atoms with Crippen LogP contribution in [0.1, 0.15) is 35.8 Å². The molecule has 5 nitrogen and oxygen atoms in total. The lowest BCUT2D eigenvalue weighted by Gasteiger charge is -2.24. The average Bonchev–Trinajstić information content (AvgIpc) is 3.10. The van der Waals surface area contributed by atoms with Crippen molar-refractivity contribution in [2.45, 2.75) is 38.6 Å². The largest absolute Gasteiger partial charge is 0.487 e. The highest BCUT2D eigenvalue weighted by molar-refractivity contribution is 5.22. The predicted octanol–water partition coefficient (Wildman–Crippen LogP) is 3.48. The van der Waals surface area contributed by atoms with Gasteiger partial charge in [0.05, 0.1) is 5.69 Å².